The summed E-state index contributed by atoms with van der Waals surface area (Å²) in [5, 5.41) is 14.4. The smallest absolute Gasteiger partial charge is 0.294 e. The summed E-state index contributed by atoms with van der Waals surface area (Å²) in [6.45, 7) is 7.57. The number of allylic oxidation sites excluding steroid dienone is 1. The van der Waals surface area contributed by atoms with Gasteiger partial charge in [-0.1, -0.05) is 42.5 Å². The summed E-state index contributed by atoms with van der Waals surface area (Å²) in [7, 11) is 0. The number of amides is 1. The summed E-state index contributed by atoms with van der Waals surface area (Å²) in [6, 6.07) is 20.8. The van der Waals surface area contributed by atoms with E-state index in [1.807, 2.05) is 42.2 Å². The fourth-order valence-electron chi connectivity index (χ4n) is 4.76. The van der Waals surface area contributed by atoms with Gasteiger partial charge in [-0.05, 0) is 60.0 Å². The van der Waals surface area contributed by atoms with Crippen LogP contribution in [0, 0.1) is 6.92 Å². The molecule has 3 aromatic carbocycles. The van der Waals surface area contributed by atoms with Gasteiger partial charge in [0.05, 0.1) is 18.9 Å². The Morgan fingerprint density at radius 1 is 1.07 bits per heavy atom. The Kier molecular flexibility index (Phi) is 8.16. The molecule has 1 fully saturated rings. The first kappa shape index (κ1) is 28.0. The minimum absolute atomic E-state index is 0.00886. The van der Waals surface area contributed by atoms with Gasteiger partial charge in [-0.2, -0.15) is 13.9 Å². The Bertz CT molecular complexity index is 1540. The fourth-order valence-corrected chi connectivity index (χ4v) is 4.76. The van der Waals surface area contributed by atoms with Crippen LogP contribution in [0.4, 0.5) is 8.78 Å². The van der Waals surface area contributed by atoms with Gasteiger partial charge in [0.1, 0.15) is 29.5 Å². The average Bonchev–Trinajstić information content (AvgIpc) is 3.42. The quantitative estimate of drug-likeness (QED) is 0.245. The third kappa shape index (κ3) is 6.15. The number of nitrogens with zero attached hydrogens (tertiary/aromatic N) is 3. The van der Waals surface area contributed by atoms with E-state index >= 15 is 0 Å². The molecule has 1 saturated heterocycles. The summed E-state index contributed by atoms with van der Waals surface area (Å²) in [6.07, 6.45) is 0.585. The minimum atomic E-state index is -3.21. The highest BCUT2D eigenvalue weighted by atomic mass is 19.3. The number of alkyl halides is 2. The summed E-state index contributed by atoms with van der Waals surface area (Å²) in [5.74, 6) is -2.76. The predicted octanol–water partition coefficient (Wildman–Crippen LogP) is 6.27. The Morgan fingerprint density at radius 2 is 1.78 bits per heavy atom. The highest BCUT2D eigenvalue weighted by Crippen LogP contribution is 2.34. The Labute approximate surface area is 237 Å². The van der Waals surface area contributed by atoms with Crippen LogP contribution in [0.5, 0.6) is 11.5 Å². The highest BCUT2D eigenvalue weighted by Gasteiger charge is 2.34. The van der Waals surface area contributed by atoms with Gasteiger partial charge in [0, 0.05) is 25.1 Å². The molecule has 1 aliphatic rings. The second-order valence-corrected chi connectivity index (χ2v) is 9.87. The standard InChI is InChI=1S/C32H31F2N3O4/c1-3-14-32(33,34)30-20-25(37(35-30)28-6-4-5-7-29(28)38)21-41-26-11-8-23(9-12-26)24-10-13-27(22(2)19-24)31(39)36-15-17-40-18-16-36/h3-13,19-20,38H,1,14-18,21H2,2H3. The van der Waals surface area contributed by atoms with E-state index in [9.17, 15) is 18.7 Å². The van der Waals surface area contributed by atoms with Crippen LogP contribution in [0.15, 0.2) is 85.5 Å². The van der Waals surface area contributed by atoms with Crippen LogP contribution in [-0.2, 0) is 17.3 Å². The van der Waals surface area contributed by atoms with Gasteiger partial charge in [0.2, 0.25) is 0 Å². The van der Waals surface area contributed by atoms with Gasteiger partial charge in [0.25, 0.3) is 11.8 Å². The number of phenolic OH excluding ortho intramolecular Hbond substituents is 1. The number of hydrogen-bond donors (Lipinski definition) is 1. The van der Waals surface area contributed by atoms with Crippen molar-refractivity contribution < 1.29 is 28.2 Å². The van der Waals surface area contributed by atoms with Crippen molar-refractivity contribution in [2.75, 3.05) is 26.3 Å². The van der Waals surface area contributed by atoms with E-state index in [2.05, 4.69) is 11.7 Å². The SMILES string of the molecule is C=CCC(F)(F)c1cc(COc2ccc(-c3ccc(C(=O)N4CCOCC4)c(C)c3)cc2)n(-c2ccccc2O)n1. The largest absolute Gasteiger partial charge is 0.506 e. The van der Waals surface area contributed by atoms with E-state index in [1.165, 1.54) is 16.8 Å². The van der Waals surface area contributed by atoms with Gasteiger partial charge in [-0.25, -0.2) is 4.68 Å². The number of carbonyl (C=O) groups excluding carboxylic acids is 1. The number of carbonyl (C=O) groups is 1. The summed E-state index contributed by atoms with van der Waals surface area (Å²) in [4.78, 5) is 14.7. The summed E-state index contributed by atoms with van der Waals surface area (Å²) in [5.41, 5.74) is 3.66. The van der Waals surface area contributed by atoms with Crippen molar-refractivity contribution in [2.24, 2.45) is 0 Å². The van der Waals surface area contributed by atoms with E-state index < -0.39 is 18.0 Å². The van der Waals surface area contributed by atoms with Crippen molar-refractivity contribution in [3.05, 3.63) is 108 Å². The Balaban J connectivity index is 1.32. The molecule has 0 bridgehead atoms. The first-order chi connectivity index (χ1) is 19.8. The lowest BCUT2D eigenvalue weighted by molar-refractivity contribution is -0.00576. The van der Waals surface area contributed by atoms with Crippen molar-refractivity contribution in [2.45, 2.75) is 25.9 Å². The molecule has 1 aromatic heterocycles. The van der Waals surface area contributed by atoms with Gasteiger partial charge >= 0.3 is 0 Å². The monoisotopic (exact) mass is 559 g/mol. The number of ether oxygens (including phenoxy) is 2. The molecule has 0 unspecified atom stereocenters. The second kappa shape index (κ2) is 11.9. The van der Waals surface area contributed by atoms with E-state index in [0.717, 1.165) is 22.8 Å². The number of rotatable bonds is 9. The van der Waals surface area contributed by atoms with E-state index in [4.69, 9.17) is 9.47 Å². The van der Waals surface area contributed by atoms with Crippen LogP contribution in [0.25, 0.3) is 16.8 Å². The molecule has 1 amide bonds. The topological polar surface area (TPSA) is 76.8 Å². The maximum absolute atomic E-state index is 14.7. The molecule has 9 heteroatoms. The third-order valence-corrected chi connectivity index (χ3v) is 7.00. The van der Waals surface area contributed by atoms with E-state index in [1.54, 1.807) is 30.3 Å². The molecule has 212 valence electrons. The molecule has 1 N–H and O–H groups in total. The number of halogens is 2. The van der Waals surface area contributed by atoms with Crippen LogP contribution in [0.1, 0.15) is 33.7 Å². The number of hydrogen-bond acceptors (Lipinski definition) is 5. The molecule has 1 aliphatic heterocycles. The van der Waals surface area contributed by atoms with Crippen molar-refractivity contribution in [1.29, 1.82) is 0 Å². The van der Waals surface area contributed by atoms with Crippen molar-refractivity contribution in [3.8, 4) is 28.3 Å². The molecule has 5 rings (SSSR count). The number of morpholine rings is 1. The van der Waals surface area contributed by atoms with Crippen LogP contribution in [0.3, 0.4) is 0 Å². The molecule has 0 aliphatic carbocycles. The number of aromatic nitrogens is 2. The van der Waals surface area contributed by atoms with Gasteiger partial charge in [-0.15, -0.1) is 6.58 Å². The molecule has 0 radical (unpaired) electrons. The zero-order chi connectivity index (χ0) is 29.0. The second-order valence-electron chi connectivity index (χ2n) is 9.87. The van der Waals surface area contributed by atoms with E-state index in [0.29, 0.717) is 43.3 Å². The fraction of sp³-hybridized carbons (Fsp3) is 0.250. The number of para-hydroxylation sites is 2. The molecule has 2 heterocycles. The molecular formula is C32H31F2N3O4. The number of benzene rings is 3. The van der Waals surface area contributed by atoms with Gasteiger partial charge < -0.3 is 19.5 Å². The normalized spacial score (nSPS) is 13.7. The van der Waals surface area contributed by atoms with Crippen LogP contribution in [0.2, 0.25) is 0 Å². The van der Waals surface area contributed by atoms with E-state index in [-0.39, 0.29) is 24.0 Å². The summed E-state index contributed by atoms with van der Waals surface area (Å²) >= 11 is 0. The van der Waals surface area contributed by atoms with Crippen molar-refractivity contribution in [3.63, 3.8) is 0 Å². The lowest BCUT2D eigenvalue weighted by atomic mass is 9.99. The predicted molar refractivity (Wildman–Crippen MR) is 152 cm³/mol. The Hall–Kier alpha value is -4.50. The number of aryl methyl sites for hydroxylation is 1. The maximum atomic E-state index is 14.7. The average molecular weight is 560 g/mol. The first-order valence-electron chi connectivity index (χ1n) is 13.3. The van der Waals surface area contributed by atoms with Crippen LogP contribution in [-0.4, -0.2) is 52.0 Å². The van der Waals surface area contributed by atoms with Crippen LogP contribution >= 0.6 is 0 Å². The third-order valence-electron chi connectivity index (χ3n) is 7.00. The molecule has 0 spiro atoms. The molecular weight excluding hydrogens is 528 g/mol. The highest BCUT2D eigenvalue weighted by molar-refractivity contribution is 5.96. The molecule has 41 heavy (non-hydrogen) atoms. The zero-order valence-electron chi connectivity index (χ0n) is 22.7. The van der Waals surface area contributed by atoms with Crippen molar-refractivity contribution >= 4 is 5.91 Å². The zero-order valence-corrected chi connectivity index (χ0v) is 22.7. The lowest BCUT2D eigenvalue weighted by Gasteiger charge is -2.27. The Morgan fingerprint density at radius 3 is 2.46 bits per heavy atom. The van der Waals surface area contributed by atoms with Gasteiger partial charge in [-0.3, -0.25) is 4.79 Å². The van der Waals surface area contributed by atoms with Gasteiger partial charge in [0.15, 0.2) is 0 Å². The summed E-state index contributed by atoms with van der Waals surface area (Å²) < 4.78 is 41.9. The molecule has 4 aromatic rings. The van der Waals surface area contributed by atoms with Crippen molar-refractivity contribution in [1.82, 2.24) is 14.7 Å². The molecule has 0 saturated carbocycles. The lowest BCUT2D eigenvalue weighted by Crippen LogP contribution is -2.40. The molecule has 7 nitrogen and oxygen atoms in total. The minimum Gasteiger partial charge on any atom is -0.506 e. The molecule has 0 atom stereocenters. The number of phenols is 1. The first-order valence-corrected chi connectivity index (χ1v) is 13.3. The van der Waals surface area contributed by atoms with Crippen LogP contribution < -0.4 is 4.74 Å². The number of aromatic hydroxyl groups is 1. The maximum Gasteiger partial charge on any atom is 0.294 e.